The number of carbonyl (C=O) groups is 1. The Morgan fingerprint density at radius 2 is 2.06 bits per heavy atom. The van der Waals surface area contributed by atoms with Crippen LogP contribution in [0.25, 0.3) is 0 Å². The Balaban J connectivity index is 1.55. The van der Waals surface area contributed by atoms with Crippen molar-refractivity contribution in [2.75, 3.05) is 6.61 Å². The van der Waals surface area contributed by atoms with Crippen LogP contribution in [0.1, 0.15) is 59.3 Å². The fourth-order valence-corrected chi connectivity index (χ4v) is 8.24. The topological polar surface area (TPSA) is 96.2 Å². The van der Waals surface area contributed by atoms with Gasteiger partial charge in [-0.1, -0.05) is 51.0 Å². The zero-order valence-corrected chi connectivity index (χ0v) is 18.8. The second-order valence-corrected chi connectivity index (χ2v) is 10.9. The number of aliphatic hydroxyl groups is 3. The standard InChI is InChI=1S/C25H36O6/c1-4-5-21-30-20-11-17-16-7-6-14-10-15(27)8-9-23(14,2)22(16)18(28)12-24(17,3)25(20,31-21)19(29)13-26/h8-10,15-18,20-22,26-28H,4-7,11-13H2,1-3H3/t15?,16-,17-,18-,20+,21?,22+,23-,24-,25?/m0/s1. The minimum Gasteiger partial charge on any atom is -0.393 e. The third-order valence-corrected chi connectivity index (χ3v) is 9.47. The first-order valence-electron chi connectivity index (χ1n) is 12.0. The van der Waals surface area contributed by atoms with E-state index in [-0.39, 0.29) is 35.1 Å². The van der Waals surface area contributed by atoms with E-state index in [0.29, 0.717) is 12.8 Å². The Labute approximate surface area is 184 Å². The molecule has 1 heterocycles. The third-order valence-electron chi connectivity index (χ3n) is 9.47. The molecule has 6 nitrogen and oxygen atoms in total. The highest BCUT2D eigenvalue weighted by atomic mass is 16.7. The molecule has 3 saturated carbocycles. The Morgan fingerprint density at radius 1 is 1.29 bits per heavy atom. The van der Waals surface area contributed by atoms with Gasteiger partial charge in [0.2, 0.25) is 0 Å². The van der Waals surface area contributed by atoms with E-state index in [2.05, 4.69) is 26.8 Å². The van der Waals surface area contributed by atoms with Gasteiger partial charge in [-0.05, 0) is 43.9 Å². The molecule has 5 rings (SSSR count). The lowest BCUT2D eigenvalue weighted by atomic mass is 9.46. The van der Waals surface area contributed by atoms with E-state index in [4.69, 9.17) is 9.47 Å². The Morgan fingerprint density at radius 3 is 2.77 bits per heavy atom. The first kappa shape index (κ1) is 21.8. The van der Waals surface area contributed by atoms with Gasteiger partial charge in [-0.3, -0.25) is 4.79 Å². The minimum absolute atomic E-state index is 0.0286. The van der Waals surface area contributed by atoms with Gasteiger partial charge in [0.25, 0.3) is 0 Å². The SMILES string of the molecule is CCCC1O[C@@H]2C[C@H]3[C@@H]4CCC5=CC(O)C=C[C@]5(C)[C@H]4[C@@H](O)C[C@]3(C)C2(C(=O)CO)O1. The first-order chi connectivity index (χ1) is 14.7. The minimum atomic E-state index is -1.19. The summed E-state index contributed by atoms with van der Waals surface area (Å²) >= 11 is 0. The molecule has 6 heteroatoms. The number of carbonyl (C=O) groups excluding carboxylic acids is 1. The summed E-state index contributed by atoms with van der Waals surface area (Å²) in [6.07, 6.45) is 8.46. The molecule has 0 radical (unpaired) electrons. The Bertz CT molecular complexity index is 821. The van der Waals surface area contributed by atoms with Crippen LogP contribution in [0.15, 0.2) is 23.8 Å². The highest BCUT2D eigenvalue weighted by Crippen LogP contribution is 2.69. The van der Waals surface area contributed by atoms with Crippen LogP contribution in [0.4, 0.5) is 0 Å². The van der Waals surface area contributed by atoms with Crippen LogP contribution in [0.2, 0.25) is 0 Å². The van der Waals surface area contributed by atoms with Gasteiger partial charge in [-0.25, -0.2) is 0 Å². The average molecular weight is 433 g/mol. The monoisotopic (exact) mass is 432 g/mol. The van der Waals surface area contributed by atoms with Crippen molar-refractivity contribution in [3.8, 4) is 0 Å². The maximum absolute atomic E-state index is 13.2. The zero-order valence-electron chi connectivity index (χ0n) is 18.8. The average Bonchev–Trinajstić information content (AvgIpc) is 3.20. The van der Waals surface area contributed by atoms with Crippen molar-refractivity contribution in [2.45, 2.75) is 89.5 Å². The van der Waals surface area contributed by atoms with Gasteiger partial charge in [0.1, 0.15) is 6.61 Å². The molecule has 0 aromatic rings. The molecule has 1 aliphatic heterocycles. The number of fused-ring (bicyclic) bond motifs is 7. The Kier molecular flexibility index (Phi) is 5.08. The van der Waals surface area contributed by atoms with Gasteiger partial charge < -0.3 is 24.8 Å². The molecule has 0 bridgehead atoms. The number of aliphatic hydroxyl groups excluding tert-OH is 3. The molecule has 0 amide bonds. The summed E-state index contributed by atoms with van der Waals surface area (Å²) in [7, 11) is 0. The second kappa shape index (κ2) is 7.22. The predicted molar refractivity (Wildman–Crippen MR) is 114 cm³/mol. The molecule has 0 spiro atoms. The third kappa shape index (κ3) is 2.72. The highest BCUT2D eigenvalue weighted by molar-refractivity contribution is 5.91. The van der Waals surface area contributed by atoms with Crippen LogP contribution < -0.4 is 0 Å². The summed E-state index contributed by atoms with van der Waals surface area (Å²) in [5.74, 6) is 0.111. The van der Waals surface area contributed by atoms with Crippen LogP contribution in [0, 0.1) is 28.6 Å². The number of ether oxygens (including phenoxy) is 2. The van der Waals surface area contributed by atoms with Crippen molar-refractivity contribution in [2.24, 2.45) is 28.6 Å². The van der Waals surface area contributed by atoms with Crippen LogP contribution in [-0.2, 0) is 14.3 Å². The summed E-state index contributed by atoms with van der Waals surface area (Å²) in [5, 5.41) is 31.5. The van der Waals surface area contributed by atoms with Crippen molar-refractivity contribution < 1.29 is 29.6 Å². The summed E-state index contributed by atoms with van der Waals surface area (Å²) < 4.78 is 12.7. The van der Waals surface area contributed by atoms with E-state index in [1.54, 1.807) is 0 Å². The lowest BCUT2D eigenvalue weighted by Gasteiger charge is -2.60. The molecule has 3 N–H and O–H groups in total. The second-order valence-electron chi connectivity index (χ2n) is 10.9. The summed E-state index contributed by atoms with van der Waals surface area (Å²) in [5.41, 5.74) is -0.855. The molecule has 31 heavy (non-hydrogen) atoms. The number of ketones is 1. The molecule has 3 unspecified atom stereocenters. The van der Waals surface area contributed by atoms with Gasteiger partial charge in [-0.15, -0.1) is 0 Å². The lowest BCUT2D eigenvalue weighted by molar-refractivity contribution is -0.200. The van der Waals surface area contributed by atoms with E-state index in [0.717, 1.165) is 25.7 Å². The van der Waals surface area contributed by atoms with Crippen LogP contribution in [0.3, 0.4) is 0 Å². The molecule has 10 atom stereocenters. The first-order valence-corrected chi connectivity index (χ1v) is 12.0. The molecule has 0 aromatic carbocycles. The van der Waals surface area contributed by atoms with Crippen LogP contribution >= 0.6 is 0 Å². The molecule has 4 fully saturated rings. The predicted octanol–water partition coefficient (Wildman–Crippen LogP) is 2.51. The maximum atomic E-state index is 13.2. The van der Waals surface area contributed by atoms with Crippen molar-refractivity contribution in [3.63, 3.8) is 0 Å². The molecule has 172 valence electrons. The van der Waals surface area contributed by atoms with Crippen LogP contribution in [-0.4, -0.2) is 57.9 Å². The van der Waals surface area contributed by atoms with Gasteiger partial charge in [0.15, 0.2) is 17.7 Å². The molecular formula is C25H36O6. The van der Waals surface area contributed by atoms with Crippen LogP contribution in [0.5, 0.6) is 0 Å². The molecule has 4 aliphatic carbocycles. The van der Waals surface area contributed by atoms with E-state index >= 15 is 0 Å². The fraction of sp³-hybridized carbons (Fsp3) is 0.800. The quantitative estimate of drug-likeness (QED) is 0.591. The summed E-state index contributed by atoms with van der Waals surface area (Å²) in [6.45, 7) is 5.74. The fourth-order valence-electron chi connectivity index (χ4n) is 8.24. The molecule has 0 aromatic heterocycles. The molecule has 5 aliphatic rings. The normalized spacial score (nSPS) is 52.7. The van der Waals surface area contributed by atoms with Crippen molar-refractivity contribution in [1.82, 2.24) is 0 Å². The smallest absolute Gasteiger partial charge is 0.193 e. The van der Waals surface area contributed by atoms with E-state index < -0.39 is 36.1 Å². The van der Waals surface area contributed by atoms with Crippen molar-refractivity contribution in [1.29, 1.82) is 0 Å². The van der Waals surface area contributed by atoms with E-state index in [9.17, 15) is 20.1 Å². The maximum Gasteiger partial charge on any atom is 0.193 e. The lowest BCUT2D eigenvalue weighted by Crippen LogP contribution is -2.63. The largest absolute Gasteiger partial charge is 0.393 e. The van der Waals surface area contributed by atoms with Gasteiger partial charge in [0.05, 0.1) is 18.3 Å². The highest BCUT2D eigenvalue weighted by Gasteiger charge is 2.75. The Hall–Kier alpha value is -1.05. The number of allylic oxidation sites excluding steroid dienone is 2. The molecule has 1 saturated heterocycles. The van der Waals surface area contributed by atoms with Crippen molar-refractivity contribution in [3.05, 3.63) is 23.8 Å². The zero-order chi connectivity index (χ0) is 22.2. The molecular weight excluding hydrogens is 396 g/mol. The number of hydrogen-bond acceptors (Lipinski definition) is 6. The van der Waals surface area contributed by atoms with Crippen molar-refractivity contribution >= 4 is 5.78 Å². The van der Waals surface area contributed by atoms with E-state index in [1.807, 2.05) is 12.2 Å². The number of rotatable bonds is 4. The number of hydrogen-bond donors (Lipinski definition) is 3. The summed E-state index contributed by atoms with van der Waals surface area (Å²) in [6, 6.07) is 0. The van der Waals surface area contributed by atoms with E-state index in [1.165, 1.54) is 5.57 Å². The van der Waals surface area contributed by atoms with Gasteiger partial charge in [-0.2, -0.15) is 0 Å². The van der Waals surface area contributed by atoms with Gasteiger partial charge in [0, 0.05) is 16.7 Å². The summed E-state index contributed by atoms with van der Waals surface area (Å²) in [4.78, 5) is 13.2. The van der Waals surface area contributed by atoms with Gasteiger partial charge >= 0.3 is 0 Å². The number of Topliss-reactive ketones (excluding diaryl/α,β-unsaturated/α-hetero) is 1.